The van der Waals surface area contributed by atoms with Gasteiger partial charge in [0.15, 0.2) is 0 Å². The average Bonchev–Trinajstić information content (AvgIpc) is 2.94. The first-order valence-corrected chi connectivity index (χ1v) is 14.9. The number of likely N-dealkylation sites (N-methyl/N-ethyl adjacent to an activating group) is 2. The summed E-state index contributed by atoms with van der Waals surface area (Å²) in [4.78, 5) is 56.2. The molecule has 0 aliphatic heterocycles. The standard InChI is InChI=1S/C35H49N3O6/c1-23(2)28(21-24(3)32(41)42)37(9)31(40)27(22-25-17-13-11-14-18-25)36-30(39)29(38(10)33(43)44-34(4,5)6)35(7,8)26-19-15-12-16-20-26/h11-21,23,27-29H,22H2,1-10H3,(H,36,39)(H,41,42)/b24-21+/t27-,28+,29+/m0/s1. The van der Waals surface area contributed by atoms with Crippen molar-refractivity contribution in [2.24, 2.45) is 5.92 Å². The van der Waals surface area contributed by atoms with Gasteiger partial charge in [-0.25, -0.2) is 9.59 Å². The van der Waals surface area contributed by atoms with Gasteiger partial charge >= 0.3 is 12.1 Å². The number of rotatable bonds is 12. The van der Waals surface area contributed by atoms with Gasteiger partial charge < -0.3 is 20.1 Å². The highest BCUT2D eigenvalue weighted by molar-refractivity contribution is 5.93. The average molecular weight is 608 g/mol. The highest BCUT2D eigenvalue weighted by Gasteiger charge is 2.44. The number of carbonyl (C=O) groups is 4. The molecule has 0 heterocycles. The molecule has 0 bridgehead atoms. The number of nitrogens with one attached hydrogen (secondary N) is 1. The van der Waals surface area contributed by atoms with Gasteiger partial charge in [-0.3, -0.25) is 14.5 Å². The number of benzene rings is 2. The van der Waals surface area contributed by atoms with Crippen molar-refractivity contribution in [2.45, 2.75) is 91.0 Å². The summed E-state index contributed by atoms with van der Waals surface area (Å²) < 4.78 is 5.64. The lowest BCUT2D eigenvalue weighted by atomic mass is 9.76. The number of hydrogen-bond acceptors (Lipinski definition) is 5. The lowest BCUT2D eigenvalue weighted by Crippen LogP contribution is -2.61. The van der Waals surface area contributed by atoms with E-state index in [4.69, 9.17) is 4.74 Å². The van der Waals surface area contributed by atoms with Crippen LogP contribution in [-0.2, 0) is 31.0 Å². The number of amides is 3. The van der Waals surface area contributed by atoms with Crippen LogP contribution in [0.25, 0.3) is 0 Å². The number of nitrogens with zero attached hydrogens (tertiary/aromatic N) is 2. The van der Waals surface area contributed by atoms with Gasteiger partial charge in [-0.2, -0.15) is 0 Å². The summed E-state index contributed by atoms with van der Waals surface area (Å²) in [6.07, 6.45) is 1.08. The second-order valence-corrected chi connectivity index (χ2v) is 13.2. The number of ether oxygens (including phenoxy) is 1. The van der Waals surface area contributed by atoms with E-state index < -0.39 is 47.1 Å². The maximum Gasteiger partial charge on any atom is 0.410 e. The Balaban J connectivity index is 2.58. The fraction of sp³-hybridized carbons (Fsp3) is 0.486. The van der Waals surface area contributed by atoms with E-state index in [2.05, 4.69) is 5.32 Å². The van der Waals surface area contributed by atoms with Gasteiger partial charge in [0, 0.05) is 31.5 Å². The summed E-state index contributed by atoms with van der Waals surface area (Å²) in [6.45, 7) is 14.3. The molecule has 3 atom stereocenters. The fourth-order valence-electron chi connectivity index (χ4n) is 5.22. The van der Waals surface area contributed by atoms with Crippen LogP contribution in [0.2, 0.25) is 0 Å². The molecule has 0 aliphatic rings. The van der Waals surface area contributed by atoms with E-state index in [1.54, 1.807) is 33.9 Å². The van der Waals surface area contributed by atoms with Crippen LogP contribution in [0, 0.1) is 5.92 Å². The summed E-state index contributed by atoms with van der Waals surface area (Å²) in [6, 6.07) is 16.2. The number of hydrogen-bond donors (Lipinski definition) is 2. The van der Waals surface area contributed by atoms with Crippen molar-refractivity contribution in [3.63, 3.8) is 0 Å². The molecule has 0 saturated heterocycles. The Morgan fingerprint density at radius 1 is 0.886 bits per heavy atom. The van der Waals surface area contributed by atoms with E-state index >= 15 is 0 Å². The molecule has 0 spiro atoms. The first-order valence-electron chi connectivity index (χ1n) is 14.9. The Bertz CT molecular complexity index is 1310. The number of aliphatic carboxylic acids is 1. The second kappa shape index (κ2) is 15.0. The van der Waals surface area contributed by atoms with E-state index in [1.165, 1.54) is 23.8 Å². The normalized spacial score (nSPS) is 14.3. The lowest BCUT2D eigenvalue weighted by Gasteiger charge is -2.41. The highest BCUT2D eigenvalue weighted by atomic mass is 16.6. The van der Waals surface area contributed by atoms with Crippen molar-refractivity contribution in [1.29, 1.82) is 0 Å². The zero-order valence-corrected chi connectivity index (χ0v) is 27.8. The van der Waals surface area contributed by atoms with Crippen molar-refractivity contribution in [3.05, 3.63) is 83.4 Å². The Morgan fingerprint density at radius 3 is 1.89 bits per heavy atom. The van der Waals surface area contributed by atoms with Gasteiger partial charge in [0.1, 0.15) is 17.7 Å². The van der Waals surface area contributed by atoms with Crippen LogP contribution in [0.5, 0.6) is 0 Å². The topological polar surface area (TPSA) is 116 Å². The molecule has 2 rings (SSSR count). The number of carboxylic acid groups (broad SMARTS) is 1. The molecule has 0 unspecified atom stereocenters. The third-order valence-corrected chi connectivity index (χ3v) is 7.65. The Hall–Kier alpha value is -4.14. The zero-order valence-electron chi connectivity index (χ0n) is 27.8. The molecule has 240 valence electrons. The largest absolute Gasteiger partial charge is 0.478 e. The van der Waals surface area contributed by atoms with Crippen molar-refractivity contribution >= 4 is 23.9 Å². The maximum atomic E-state index is 14.4. The molecule has 2 N–H and O–H groups in total. The van der Waals surface area contributed by atoms with E-state index in [0.29, 0.717) is 0 Å². The van der Waals surface area contributed by atoms with Crippen molar-refractivity contribution in [1.82, 2.24) is 15.1 Å². The second-order valence-electron chi connectivity index (χ2n) is 13.2. The molecule has 9 heteroatoms. The molecule has 2 aromatic carbocycles. The minimum Gasteiger partial charge on any atom is -0.478 e. The number of carboxylic acids is 1. The van der Waals surface area contributed by atoms with Crippen LogP contribution in [0.1, 0.15) is 66.5 Å². The smallest absolute Gasteiger partial charge is 0.410 e. The summed E-state index contributed by atoms with van der Waals surface area (Å²) in [5.41, 5.74) is 0.108. The third-order valence-electron chi connectivity index (χ3n) is 7.65. The molecule has 3 amide bonds. The molecule has 0 aliphatic carbocycles. The van der Waals surface area contributed by atoms with Gasteiger partial charge in [0.05, 0.1) is 6.04 Å². The molecule has 0 fully saturated rings. The summed E-state index contributed by atoms with van der Waals surface area (Å²) in [5.74, 6) is -2.07. The van der Waals surface area contributed by atoms with Gasteiger partial charge in [-0.05, 0) is 44.7 Å². The van der Waals surface area contributed by atoms with Crippen LogP contribution in [-0.4, -0.2) is 76.6 Å². The van der Waals surface area contributed by atoms with Gasteiger partial charge in [0.25, 0.3) is 0 Å². The molecule has 9 nitrogen and oxygen atoms in total. The van der Waals surface area contributed by atoms with Crippen molar-refractivity contribution < 1.29 is 29.0 Å². The van der Waals surface area contributed by atoms with Crippen molar-refractivity contribution in [3.8, 4) is 0 Å². The molecule has 0 saturated carbocycles. The summed E-state index contributed by atoms with van der Waals surface area (Å²) in [7, 11) is 3.14. The number of carbonyl (C=O) groups excluding carboxylic acids is 3. The zero-order chi connectivity index (χ0) is 33.4. The molecule has 0 aromatic heterocycles. The van der Waals surface area contributed by atoms with Gasteiger partial charge in [0.2, 0.25) is 11.8 Å². The van der Waals surface area contributed by atoms with Gasteiger partial charge in [-0.1, -0.05) is 94.4 Å². The first kappa shape index (κ1) is 36.1. The van der Waals surface area contributed by atoms with Crippen LogP contribution < -0.4 is 5.32 Å². The third kappa shape index (κ3) is 9.69. The van der Waals surface area contributed by atoms with E-state index in [0.717, 1.165) is 11.1 Å². The Labute approximate surface area is 262 Å². The fourth-order valence-corrected chi connectivity index (χ4v) is 5.22. The maximum absolute atomic E-state index is 14.4. The predicted octanol–water partition coefficient (Wildman–Crippen LogP) is 5.44. The quantitative estimate of drug-likeness (QED) is 0.311. The van der Waals surface area contributed by atoms with Crippen LogP contribution in [0.4, 0.5) is 4.79 Å². The predicted molar refractivity (Wildman–Crippen MR) is 172 cm³/mol. The lowest BCUT2D eigenvalue weighted by molar-refractivity contribution is -0.139. The highest BCUT2D eigenvalue weighted by Crippen LogP contribution is 2.31. The monoisotopic (exact) mass is 607 g/mol. The minimum absolute atomic E-state index is 0.102. The molecule has 0 radical (unpaired) electrons. The Kier molecular flexibility index (Phi) is 12.3. The summed E-state index contributed by atoms with van der Waals surface area (Å²) in [5, 5.41) is 12.5. The van der Waals surface area contributed by atoms with Gasteiger partial charge in [-0.15, -0.1) is 0 Å². The van der Waals surface area contributed by atoms with E-state index in [9.17, 15) is 24.3 Å². The summed E-state index contributed by atoms with van der Waals surface area (Å²) >= 11 is 0. The molecular weight excluding hydrogens is 558 g/mol. The van der Waals surface area contributed by atoms with Crippen molar-refractivity contribution in [2.75, 3.05) is 14.1 Å². The molecule has 44 heavy (non-hydrogen) atoms. The minimum atomic E-state index is -1.07. The SMILES string of the molecule is C/C(=C\[C@H](C(C)C)N(C)C(=O)[C@H](Cc1ccccc1)NC(=O)[C@@H](N(C)C(=O)OC(C)(C)C)C(C)(C)c1ccccc1)C(=O)O. The molecule has 2 aromatic rings. The van der Waals surface area contributed by atoms with Crippen LogP contribution >= 0.6 is 0 Å². The first-order chi connectivity index (χ1) is 20.4. The molecular formula is C35H49N3O6. The van der Waals surface area contributed by atoms with E-state index in [1.807, 2.05) is 88.4 Å². The Morgan fingerprint density at radius 2 is 1.41 bits per heavy atom. The van der Waals surface area contributed by atoms with Crippen LogP contribution in [0.3, 0.4) is 0 Å². The van der Waals surface area contributed by atoms with Crippen LogP contribution in [0.15, 0.2) is 72.3 Å². The van der Waals surface area contributed by atoms with E-state index in [-0.39, 0.29) is 23.8 Å².